The number of ether oxygens (including phenoxy) is 2. The summed E-state index contributed by atoms with van der Waals surface area (Å²) in [5, 5.41) is 9.74. The van der Waals surface area contributed by atoms with Crippen molar-refractivity contribution < 1.29 is 22.3 Å². The highest BCUT2D eigenvalue weighted by Gasteiger charge is 2.29. The van der Waals surface area contributed by atoms with E-state index in [0.29, 0.717) is 28.0 Å². The minimum Gasteiger partial charge on any atom is -0.494 e. The minimum atomic E-state index is -4.00. The number of rotatable bonds is 9. The second-order valence-corrected chi connectivity index (χ2v) is 10.4. The number of methoxy groups -OCH3 is 2. The van der Waals surface area contributed by atoms with Crippen molar-refractivity contribution in [3.63, 3.8) is 0 Å². The Labute approximate surface area is 205 Å². The lowest BCUT2D eigenvalue weighted by molar-refractivity contribution is 0.391. The van der Waals surface area contributed by atoms with Gasteiger partial charge in [0.2, 0.25) is 16.0 Å². The van der Waals surface area contributed by atoms with Gasteiger partial charge in [-0.15, -0.1) is 21.5 Å². The van der Waals surface area contributed by atoms with Crippen molar-refractivity contribution in [2.24, 2.45) is 0 Å². The monoisotopic (exact) mass is 519 g/mol. The number of aromatic nitrogens is 6. The molecule has 1 atom stereocenters. The minimum absolute atomic E-state index is 0.0414. The molecule has 3 heterocycles. The SMILES string of the molecule is COc1cccc(OC)c1-n1c(NS(=O)(=O)[C@H](C)Cc2ncc(F)cn2)nnc1-c1nc(C)cs1. The van der Waals surface area contributed by atoms with Gasteiger partial charge in [-0.3, -0.25) is 9.29 Å². The number of aryl methyl sites for hydroxylation is 1. The summed E-state index contributed by atoms with van der Waals surface area (Å²) in [6.45, 7) is 3.33. The van der Waals surface area contributed by atoms with E-state index in [0.717, 1.165) is 18.1 Å². The van der Waals surface area contributed by atoms with Crippen LogP contribution in [0.25, 0.3) is 16.5 Å². The zero-order valence-corrected chi connectivity index (χ0v) is 20.9. The number of hydrogen-bond donors (Lipinski definition) is 1. The van der Waals surface area contributed by atoms with E-state index < -0.39 is 21.1 Å². The van der Waals surface area contributed by atoms with Crippen LogP contribution in [-0.4, -0.2) is 57.6 Å². The van der Waals surface area contributed by atoms with Crippen LogP contribution in [0, 0.1) is 12.7 Å². The van der Waals surface area contributed by atoms with Crippen LogP contribution in [0.15, 0.2) is 36.0 Å². The number of hydrogen-bond acceptors (Lipinski definition) is 10. The molecule has 184 valence electrons. The number of halogens is 1. The molecule has 0 unspecified atom stereocenters. The van der Waals surface area contributed by atoms with Crippen molar-refractivity contribution in [1.29, 1.82) is 0 Å². The van der Waals surface area contributed by atoms with Gasteiger partial charge in [0, 0.05) is 17.5 Å². The summed E-state index contributed by atoms with van der Waals surface area (Å²) in [7, 11) is -1.02. The summed E-state index contributed by atoms with van der Waals surface area (Å²) in [6.07, 6.45) is 1.93. The number of thiazole rings is 1. The van der Waals surface area contributed by atoms with Crippen LogP contribution in [0.4, 0.5) is 10.3 Å². The zero-order valence-electron chi connectivity index (χ0n) is 19.3. The summed E-state index contributed by atoms with van der Waals surface area (Å²) < 4.78 is 54.6. The quantitative estimate of drug-likeness (QED) is 0.354. The smallest absolute Gasteiger partial charge is 0.243 e. The Balaban J connectivity index is 1.79. The van der Waals surface area contributed by atoms with Gasteiger partial charge < -0.3 is 9.47 Å². The van der Waals surface area contributed by atoms with Gasteiger partial charge >= 0.3 is 0 Å². The number of nitrogens with one attached hydrogen (secondary N) is 1. The summed E-state index contributed by atoms with van der Waals surface area (Å²) >= 11 is 1.34. The molecule has 0 radical (unpaired) electrons. The molecule has 0 aliphatic rings. The lowest BCUT2D eigenvalue weighted by Gasteiger charge is -2.18. The molecule has 0 amide bonds. The van der Waals surface area contributed by atoms with Gasteiger partial charge in [-0.05, 0) is 26.0 Å². The van der Waals surface area contributed by atoms with Crippen molar-refractivity contribution in [3.05, 3.63) is 53.3 Å². The van der Waals surface area contributed by atoms with Crippen LogP contribution in [0.1, 0.15) is 18.4 Å². The van der Waals surface area contributed by atoms with Gasteiger partial charge in [0.05, 0.1) is 31.9 Å². The predicted molar refractivity (Wildman–Crippen MR) is 128 cm³/mol. The topological polar surface area (TPSA) is 134 Å². The summed E-state index contributed by atoms with van der Waals surface area (Å²) in [5.74, 6) is 0.627. The molecule has 0 saturated carbocycles. The lowest BCUT2D eigenvalue weighted by atomic mass is 10.2. The third-order valence-electron chi connectivity index (χ3n) is 5.01. The predicted octanol–water partition coefficient (Wildman–Crippen LogP) is 3.02. The Kier molecular flexibility index (Phi) is 6.93. The Morgan fingerprint density at radius 2 is 1.80 bits per heavy atom. The lowest BCUT2D eigenvalue weighted by Crippen LogP contribution is -2.29. The maximum atomic E-state index is 13.2. The Morgan fingerprint density at radius 1 is 1.14 bits per heavy atom. The van der Waals surface area contributed by atoms with E-state index in [9.17, 15) is 12.8 Å². The zero-order chi connectivity index (χ0) is 25.2. The van der Waals surface area contributed by atoms with E-state index in [4.69, 9.17) is 9.47 Å². The van der Waals surface area contributed by atoms with Crippen LogP contribution in [-0.2, 0) is 16.4 Å². The molecule has 3 aromatic heterocycles. The first-order chi connectivity index (χ1) is 16.7. The Morgan fingerprint density at radius 3 is 2.37 bits per heavy atom. The molecule has 11 nitrogen and oxygen atoms in total. The number of para-hydroxylation sites is 1. The first-order valence-electron chi connectivity index (χ1n) is 10.3. The highest BCUT2D eigenvalue weighted by Crippen LogP contribution is 2.38. The maximum Gasteiger partial charge on any atom is 0.243 e. The van der Waals surface area contributed by atoms with Crippen molar-refractivity contribution >= 4 is 27.3 Å². The first-order valence-corrected chi connectivity index (χ1v) is 12.7. The molecule has 1 aromatic carbocycles. The van der Waals surface area contributed by atoms with E-state index in [2.05, 4.69) is 29.9 Å². The normalized spacial score (nSPS) is 12.4. The van der Waals surface area contributed by atoms with Crippen LogP contribution in [0.3, 0.4) is 0 Å². The molecule has 0 saturated heterocycles. The van der Waals surface area contributed by atoms with Gasteiger partial charge in [-0.25, -0.2) is 27.8 Å². The molecular formula is C21H22FN7O4S2. The molecule has 35 heavy (non-hydrogen) atoms. The molecule has 4 rings (SSSR count). The van der Waals surface area contributed by atoms with Gasteiger partial charge in [0.1, 0.15) is 23.0 Å². The second kappa shape index (κ2) is 9.92. The fraction of sp³-hybridized carbons (Fsp3) is 0.286. The third-order valence-corrected chi connectivity index (χ3v) is 7.66. The van der Waals surface area contributed by atoms with Gasteiger partial charge in [0.25, 0.3) is 0 Å². The fourth-order valence-corrected chi connectivity index (χ4v) is 4.97. The molecule has 0 aliphatic carbocycles. The highest BCUT2D eigenvalue weighted by molar-refractivity contribution is 7.93. The molecule has 0 aliphatic heterocycles. The number of sulfonamides is 1. The number of nitrogens with zero attached hydrogens (tertiary/aromatic N) is 6. The van der Waals surface area contributed by atoms with Gasteiger partial charge in [-0.2, -0.15) is 0 Å². The van der Waals surface area contributed by atoms with Crippen LogP contribution >= 0.6 is 11.3 Å². The number of benzene rings is 1. The third kappa shape index (κ3) is 5.07. The molecule has 0 bridgehead atoms. The molecule has 0 fully saturated rings. The van der Waals surface area contributed by atoms with E-state index >= 15 is 0 Å². The molecular weight excluding hydrogens is 497 g/mol. The van der Waals surface area contributed by atoms with Crippen molar-refractivity contribution in [1.82, 2.24) is 29.7 Å². The second-order valence-electron chi connectivity index (χ2n) is 7.47. The molecule has 4 aromatic rings. The van der Waals surface area contributed by atoms with Crippen molar-refractivity contribution in [3.8, 4) is 28.0 Å². The van der Waals surface area contributed by atoms with E-state index in [1.54, 1.807) is 18.2 Å². The van der Waals surface area contributed by atoms with E-state index in [1.807, 2.05) is 12.3 Å². The summed E-state index contributed by atoms with van der Waals surface area (Å²) in [4.78, 5) is 12.2. The average Bonchev–Trinajstić information content (AvgIpc) is 3.45. The molecule has 0 spiro atoms. The Hall–Kier alpha value is -3.65. The van der Waals surface area contributed by atoms with Crippen LogP contribution in [0.5, 0.6) is 11.5 Å². The van der Waals surface area contributed by atoms with Crippen molar-refractivity contribution in [2.45, 2.75) is 25.5 Å². The van der Waals surface area contributed by atoms with Gasteiger partial charge in [-0.1, -0.05) is 6.07 Å². The maximum absolute atomic E-state index is 13.2. The van der Waals surface area contributed by atoms with Crippen LogP contribution < -0.4 is 14.2 Å². The highest BCUT2D eigenvalue weighted by atomic mass is 32.2. The largest absolute Gasteiger partial charge is 0.494 e. The van der Waals surface area contributed by atoms with E-state index in [1.165, 1.54) is 37.0 Å². The van der Waals surface area contributed by atoms with Crippen LogP contribution in [0.2, 0.25) is 0 Å². The molecule has 14 heteroatoms. The Bertz CT molecular complexity index is 1420. The summed E-state index contributed by atoms with van der Waals surface area (Å²) in [5.41, 5.74) is 1.18. The fourth-order valence-electron chi connectivity index (χ4n) is 3.25. The average molecular weight is 520 g/mol. The number of anilines is 1. The van der Waals surface area contributed by atoms with Crippen molar-refractivity contribution in [2.75, 3.05) is 18.9 Å². The first kappa shape index (κ1) is 24.5. The van der Waals surface area contributed by atoms with E-state index in [-0.39, 0.29) is 18.2 Å². The summed E-state index contributed by atoms with van der Waals surface area (Å²) in [6, 6.07) is 5.16. The molecule has 1 N–H and O–H groups in total. The standard InChI is InChI=1S/C21H22FN7O4S2/c1-12-11-34-20(25-12)19-26-27-21(29(19)18-15(32-3)6-5-7-16(18)33-4)28-35(30,31)13(2)8-17-23-9-14(22)10-24-17/h5-7,9-11,13H,8H2,1-4H3,(H,27,28)/t13-/m1/s1. The van der Waals surface area contributed by atoms with Gasteiger partial charge in [0.15, 0.2) is 16.6 Å².